The number of rotatable bonds is 12. The van der Waals surface area contributed by atoms with E-state index < -0.39 is 0 Å². The van der Waals surface area contributed by atoms with Crippen LogP contribution in [-0.2, 0) is 21.1 Å². The summed E-state index contributed by atoms with van der Waals surface area (Å²) in [6.07, 6.45) is 0. The van der Waals surface area contributed by atoms with E-state index in [1.165, 1.54) is 44.5 Å². The number of ether oxygens (including phenoxy) is 1. The summed E-state index contributed by atoms with van der Waals surface area (Å²) in [4.78, 5) is 21.2. The largest absolute Gasteiger partial charge is 2.00 e. The molecule has 0 aliphatic rings. The average molecular weight is 1280 g/mol. The monoisotopic (exact) mass is 1280 g/mol. The van der Waals surface area contributed by atoms with Gasteiger partial charge in [0.25, 0.3) is 0 Å². The SMILES string of the molecule is Cc1ccc2oc3c4oc5c(-c6nc7ccccc7n6-c6c(C(C)C)cc(-c7ccccc7)cc6C(C)C)[c-]c(Oc6[c-]c(-c7nc8ccccc8n7-c7c(C(C)C)cc(-c8ccccc8)cc7C(C)C)ccc6)cc5c4nc(C)c3c2n1.[Pt+2]. The molecule has 0 saturated heterocycles. The number of pyridine rings is 2. The number of hydrogen-bond acceptors (Lipinski definition) is 7. The average Bonchev–Trinajstić information content (AvgIpc) is 1.76. The molecular formula is C74H62N6O3Pt. The maximum absolute atomic E-state index is 7.19. The Bertz CT molecular complexity index is 4810. The summed E-state index contributed by atoms with van der Waals surface area (Å²) in [5.74, 6) is 3.04. The molecule has 8 aromatic carbocycles. The number of aromatic nitrogens is 6. The van der Waals surface area contributed by atoms with Gasteiger partial charge in [0.2, 0.25) is 0 Å². The molecule has 0 aliphatic carbocycles. The minimum atomic E-state index is 0. The normalized spacial score (nSPS) is 12.0. The van der Waals surface area contributed by atoms with Gasteiger partial charge in [0.1, 0.15) is 11.0 Å². The van der Waals surface area contributed by atoms with Crippen LogP contribution in [0.4, 0.5) is 0 Å². The molecule has 0 aliphatic heterocycles. The van der Waals surface area contributed by atoms with Crippen LogP contribution in [-0.4, -0.2) is 29.1 Å². The predicted octanol–water partition coefficient (Wildman–Crippen LogP) is 20.1. The number of fused-ring (bicyclic) bond motifs is 9. The predicted molar refractivity (Wildman–Crippen MR) is 338 cm³/mol. The Hall–Kier alpha value is -8.91. The zero-order chi connectivity index (χ0) is 56.9. The molecule has 9 nitrogen and oxygen atoms in total. The van der Waals surface area contributed by atoms with E-state index >= 15 is 0 Å². The molecule has 0 N–H and O–H groups in total. The Morgan fingerprint density at radius 1 is 0.440 bits per heavy atom. The molecule has 84 heavy (non-hydrogen) atoms. The van der Waals surface area contributed by atoms with Gasteiger partial charge in [0.05, 0.1) is 50.4 Å². The standard InChI is InChI=1S/C74H62N6O3.Pt/c1-41(2)54-35-50(47-22-13-11-14-23-47)36-55(42(3)4)68(54)79-62-30-19-17-28-60(62)77-73(79)49-26-21-27-52(34-49)81-53-39-58-66-72(71-65(46(10)76-66)67-64(82-71)33-32-45(9)75-67)83-70(58)59(40-53)74-78-61-29-18-20-31-63(61)80(74)69-56(43(5)6)37-51(38-57(69)44(7)8)48-24-15-12-16-25-48;/h11-33,35-39,41-44H,1-10H3;/q-2;+2. The summed E-state index contributed by atoms with van der Waals surface area (Å²) >= 11 is 0. The summed E-state index contributed by atoms with van der Waals surface area (Å²) in [5.41, 5.74) is 22.3. The van der Waals surface area contributed by atoms with Crippen molar-refractivity contribution in [2.24, 2.45) is 0 Å². The van der Waals surface area contributed by atoms with Crippen LogP contribution in [0, 0.1) is 26.0 Å². The van der Waals surface area contributed by atoms with Crippen LogP contribution in [0.15, 0.2) is 179 Å². The molecule has 0 fully saturated rings. The molecule has 0 spiro atoms. The molecule has 0 saturated carbocycles. The second kappa shape index (κ2) is 21.4. The molecule has 0 atom stereocenters. The first-order valence-corrected chi connectivity index (χ1v) is 28.9. The molecule has 0 radical (unpaired) electrons. The number of para-hydroxylation sites is 4. The van der Waals surface area contributed by atoms with Gasteiger partial charge in [-0.25, -0.2) is 9.97 Å². The molecule has 0 amide bonds. The van der Waals surface area contributed by atoms with Crippen molar-refractivity contribution in [3.63, 3.8) is 0 Å². The van der Waals surface area contributed by atoms with E-state index in [2.05, 4.69) is 210 Å². The Balaban J connectivity index is 0.00000658. The van der Waals surface area contributed by atoms with Crippen molar-refractivity contribution in [1.82, 2.24) is 29.1 Å². The number of hydrogen-bond donors (Lipinski definition) is 0. The third kappa shape index (κ3) is 9.12. The molecule has 416 valence electrons. The van der Waals surface area contributed by atoms with Gasteiger partial charge in [-0.3, -0.25) is 9.97 Å². The minimum Gasteiger partial charge on any atom is -0.497 e. The number of benzene rings is 8. The van der Waals surface area contributed by atoms with Gasteiger partial charge < -0.3 is 22.7 Å². The molecule has 6 heterocycles. The molecule has 0 unspecified atom stereocenters. The van der Waals surface area contributed by atoms with Crippen LogP contribution in [0.25, 0.3) is 123 Å². The summed E-state index contributed by atoms with van der Waals surface area (Å²) < 4.78 is 25.7. The van der Waals surface area contributed by atoms with Gasteiger partial charge in [-0.15, -0.1) is 23.8 Å². The van der Waals surface area contributed by atoms with Crippen LogP contribution in [0.2, 0.25) is 0 Å². The number of imidazole rings is 2. The van der Waals surface area contributed by atoms with Crippen molar-refractivity contribution in [2.45, 2.75) is 92.9 Å². The summed E-state index contributed by atoms with van der Waals surface area (Å²) in [6.45, 7) is 22.2. The van der Waals surface area contributed by atoms with E-state index in [1.54, 1.807) is 0 Å². The first kappa shape index (κ1) is 54.3. The summed E-state index contributed by atoms with van der Waals surface area (Å²) in [6, 6.07) is 66.9. The van der Waals surface area contributed by atoms with Crippen molar-refractivity contribution < 1.29 is 34.6 Å². The van der Waals surface area contributed by atoms with Crippen LogP contribution in [0.1, 0.15) is 113 Å². The van der Waals surface area contributed by atoms with Crippen molar-refractivity contribution in [3.8, 4) is 67.9 Å². The van der Waals surface area contributed by atoms with E-state index in [0.717, 1.165) is 72.5 Å². The van der Waals surface area contributed by atoms with E-state index in [0.29, 0.717) is 50.7 Å². The zero-order valence-electron chi connectivity index (χ0n) is 48.7. The number of aryl methyl sites for hydroxylation is 2. The first-order valence-electron chi connectivity index (χ1n) is 28.9. The molecule has 0 bridgehead atoms. The third-order valence-electron chi connectivity index (χ3n) is 16.3. The van der Waals surface area contributed by atoms with Gasteiger partial charge in [-0.05, 0) is 148 Å². The Labute approximate surface area is 503 Å². The van der Waals surface area contributed by atoms with Crippen molar-refractivity contribution in [2.75, 3.05) is 0 Å². The fourth-order valence-corrected chi connectivity index (χ4v) is 12.2. The number of nitrogens with zero attached hydrogens (tertiary/aromatic N) is 6. The molecule has 14 aromatic rings. The Morgan fingerprint density at radius 2 is 0.964 bits per heavy atom. The fraction of sp³-hybridized carbons (Fsp3) is 0.189. The van der Waals surface area contributed by atoms with Crippen molar-refractivity contribution >= 4 is 66.2 Å². The van der Waals surface area contributed by atoms with Gasteiger partial charge in [-0.1, -0.05) is 164 Å². The van der Waals surface area contributed by atoms with Gasteiger partial charge in [0, 0.05) is 28.6 Å². The van der Waals surface area contributed by atoms with E-state index in [9.17, 15) is 0 Å². The van der Waals surface area contributed by atoms with E-state index in [1.807, 2.05) is 50.2 Å². The van der Waals surface area contributed by atoms with Gasteiger partial charge in [-0.2, -0.15) is 0 Å². The van der Waals surface area contributed by atoms with E-state index in [4.69, 9.17) is 33.5 Å². The van der Waals surface area contributed by atoms with Crippen LogP contribution in [0.5, 0.6) is 11.5 Å². The molecular weight excluding hydrogens is 1220 g/mol. The molecule has 14 rings (SSSR count). The molecule has 10 heteroatoms. The maximum Gasteiger partial charge on any atom is 2.00 e. The Morgan fingerprint density at radius 3 is 1.52 bits per heavy atom. The Kier molecular flexibility index (Phi) is 13.8. The number of furan rings is 2. The van der Waals surface area contributed by atoms with Gasteiger partial charge in [0.15, 0.2) is 16.7 Å². The second-order valence-electron chi connectivity index (χ2n) is 23.2. The summed E-state index contributed by atoms with van der Waals surface area (Å²) in [7, 11) is 0. The smallest absolute Gasteiger partial charge is 0.497 e. The van der Waals surface area contributed by atoms with Crippen LogP contribution >= 0.6 is 0 Å². The third-order valence-corrected chi connectivity index (χ3v) is 16.3. The molecule has 6 aromatic heterocycles. The van der Waals surface area contributed by atoms with Crippen molar-refractivity contribution in [3.05, 3.63) is 216 Å². The maximum atomic E-state index is 7.19. The first-order chi connectivity index (χ1) is 40.3. The van der Waals surface area contributed by atoms with E-state index in [-0.39, 0.29) is 44.7 Å². The second-order valence-corrected chi connectivity index (χ2v) is 23.2. The van der Waals surface area contributed by atoms with Crippen LogP contribution in [0.3, 0.4) is 0 Å². The zero-order valence-corrected chi connectivity index (χ0v) is 51.0. The van der Waals surface area contributed by atoms with Crippen LogP contribution < -0.4 is 4.74 Å². The fourth-order valence-electron chi connectivity index (χ4n) is 12.2. The quantitative estimate of drug-likeness (QED) is 0.112. The minimum absolute atomic E-state index is 0. The topological polar surface area (TPSA) is 96.9 Å². The van der Waals surface area contributed by atoms with Crippen molar-refractivity contribution in [1.29, 1.82) is 0 Å². The summed E-state index contributed by atoms with van der Waals surface area (Å²) in [5, 5.41) is 1.54. The van der Waals surface area contributed by atoms with Gasteiger partial charge >= 0.3 is 21.1 Å².